The van der Waals surface area contributed by atoms with Crippen LogP contribution in [-0.2, 0) is 12.8 Å². The molecule has 1 heterocycles. The van der Waals surface area contributed by atoms with E-state index in [1.54, 1.807) is 7.11 Å². The maximum absolute atomic E-state index is 6.18. The highest BCUT2D eigenvalue weighted by atomic mass is 35.5. The molecule has 1 aliphatic heterocycles. The summed E-state index contributed by atoms with van der Waals surface area (Å²) in [5, 5.41) is 4.07. The third kappa shape index (κ3) is 3.24. The summed E-state index contributed by atoms with van der Waals surface area (Å²) >= 11 is 6.18. The van der Waals surface area contributed by atoms with E-state index >= 15 is 0 Å². The van der Waals surface area contributed by atoms with Gasteiger partial charge in [-0.15, -0.1) is 0 Å². The van der Waals surface area contributed by atoms with Crippen molar-refractivity contribution < 1.29 is 9.47 Å². The Morgan fingerprint density at radius 2 is 2.14 bits per heavy atom. The Kier molecular flexibility index (Phi) is 4.20. The number of anilines is 1. The van der Waals surface area contributed by atoms with Gasteiger partial charge < -0.3 is 14.8 Å². The topological polar surface area (TPSA) is 30.5 Å². The number of hydrogen-bond donors (Lipinski definition) is 1. The van der Waals surface area contributed by atoms with Crippen molar-refractivity contribution in [2.75, 3.05) is 25.6 Å². The molecular formula is C17H18ClNO2. The Labute approximate surface area is 129 Å². The van der Waals surface area contributed by atoms with Crippen LogP contribution in [-0.4, -0.2) is 20.3 Å². The molecule has 3 nitrogen and oxygen atoms in total. The zero-order chi connectivity index (χ0) is 14.7. The van der Waals surface area contributed by atoms with Crippen LogP contribution in [0.25, 0.3) is 0 Å². The fraction of sp³-hybridized carbons (Fsp3) is 0.294. The lowest BCUT2D eigenvalue weighted by molar-refractivity contribution is 0.357. The summed E-state index contributed by atoms with van der Waals surface area (Å²) in [4.78, 5) is 0. The summed E-state index contributed by atoms with van der Waals surface area (Å²) in [5.41, 5.74) is 3.53. The highest BCUT2D eigenvalue weighted by molar-refractivity contribution is 6.33. The van der Waals surface area contributed by atoms with Crippen LogP contribution in [0.1, 0.15) is 11.1 Å². The molecule has 0 fully saturated rings. The molecule has 2 aromatic rings. The van der Waals surface area contributed by atoms with Gasteiger partial charge in [0.05, 0.1) is 24.4 Å². The second-order valence-electron chi connectivity index (χ2n) is 5.06. The van der Waals surface area contributed by atoms with Gasteiger partial charge in [-0.1, -0.05) is 23.7 Å². The van der Waals surface area contributed by atoms with Gasteiger partial charge >= 0.3 is 0 Å². The van der Waals surface area contributed by atoms with E-state index in [9.17, 15) is 0 Å². The standard InChI is InChI=1S/C17H18ClNO2/c1-20-14-3-4-15(18)16(11-14)19-8-6-12-2-5-17-13(10-12)7-9-21-17/h2-5,10-11,19H,6-9H2,1H3. The van der Waals surface area contributed by atoms with Crippen LogP contribution in [0.4, 0.5) is 5.69 Å². The number of methoxy groups -OCH3 is 1. The minimum atomic E-state index is 0.707. The normalized spacial score (nSPS) is 12.7. The van der Waals surface area contributed by atoms with Crippen molar-refractivity contribution in [2.24, 2.45) is 0 Å². The molecule has 0 aromatic heterocycles. The molecule has 0 radical (unpaired) electrons. The van der Waals surface area contributed by atoms with Gasteiger partial charge in [-0.05, 0) is 35.7 Å². The highest BCUT2D eigenvalue weighted by Crippen LogP contribution is 2.28. The molecule has 4 heteroatoms. The quantitative estimate of drug-likeness (QED) is 0.907. The van der Waals surface area contributed by atoms with Crippen molar-refractivity contribution in [3.8, 4) is 11.5 Å². The minimum Gasteiger partial charge on any atom is -0.497 e. The maximum Gasteiger partial charge on any atom is 0.122 e. The van der Waals surface area contributed by atoms with E-state index in [1.165, 1.54) is 11.1 Å². The number of fused-ring (bicyclic) bond motifs is 1. The number of ether oxygens (including phenoxy) is 2. The van der Waals surface area contributed by atoms with Gasteiger partial charge in [0, 0.05) is 19.0 Å². The molecule has 21 heavy (non-hydrogen) atoms. The Bertz CT molecular complexity index is 643. The molecule has 0 aliphatic carbocycles. The van der Waals surface area contributed by atoms with Crippen molar-refractivity contribution in [2.45, 2.75) is 12.8 Å². The first kappa shape index (κ1) is 14.1. The van der Waals surface area contributed by atoms with Crippen LogP contribution in [0.3, 0.4) is 0 Å². The lowest BCUT2D eigenvalue weighted by atomic mass is 10.1. The van der Waals surface area contributed by atoms with E-state index in [4.69, 9.17) is 21.1 Å². The lowest BCUT2D eigenvalue weighted by Gasteiger charge is -2.10. The smallest absolute Gasteiger partial charge is 0.122 e. The van der Waals surface area contributed by atoms with Gasteiger partial charge in [0.15, 0.2) is 0 Å². The number of halogens is 1. The van der Waals surface area contributed by atoms with E-state index < -0.39 is 0 Å². The molecule has 1 N–H and O–H groups in total. The zero-order valence-corrected chi connectivity index (χ0v) is 12.7. The molecule has 3 rings (SSSR count). The Hall–Kier alpha value is -1.87. The lowest BCUT2D eigenvalue weighted by Crippen LogP contribution is -2.05. The molecule has 0 spiro atoms. The van der Waals surface area contributed by atoms with Crippen LogP contribution in [0.5, 0.6) is 11.5 Å². The molecule has 0 amide bonds. The summed E-state index contributed by atoms with van der Waals surface area (Å²) in [6.45, 7) is 1.63. The Morgan fingerprint density at radius 1 is 1.24 bits per heavy atom. The first-order chi connectivity index (χ1) is 10.3. The third-order valence-electron chi connectivity index (χ3n) is 3.66. The molecule has 0 atom stereocenters. The van der Waals surface area contributed by atoms with Crippen LogP contribution in [0.2, 0.25) is 5.02 Å². The summed E-state index contributed by atoms with van der Waals surface area (Å²) in [6.07, 6.45) is 1.96. The van der Waals surface area contributed by atoms with Crippen molar-refractivity contribution in [3.05, 3.63) is 52.5 Å². The highest BCUT2D eigenvalue weighted by Gasteiger charge is 2.11. The fourth-order valence-corrected chi connectivity index (χ4v) is 2.69. The Balaban J connectivity index is 1.61. The second kappa shape index (κ2) is 6.27. The van der Waals surface area contributed by atoms with Crippen LogP contribution >= 0.6 is 11.6 Å². The average molecular weight is 304 g/mol. The fourth-order valence-electron chi connectivity index (χ4n) is 2.50. The van der Waals surface area contributed by atoms with E-state index in [-0.39, 0.29) is 0 Å². The predicted octanol–water partition coefficient (Wildman–Crippen LogP) is 3.94. The number of benzene rings is 2. The first-order valence-electron chi connectivity index (χ1n) is 7.08. The maximum atomic E-state index is 6.18. The van der Waals surface area contributed by atoms with Gasteiger partial charge in [-0.2, -0.15) is 0 Å². The summed E-state index contributed by atoms with van der Waals surface area (Å²) < 4.78 is 10.7. The largest absolute Gasteiger partial charge is 0.497 e. The third-order valence-corrected chi connectivity index (χ3v) is 3.99. The number of hydrogen-bond acceptors (Lipinski definition) is 3. The molecular weight excluding hydrogens is 286 g/mol. The van der Waals surface area contributed by atoms with Gasteiger partial charge in [-0.25, -0.2) is 0 Å². The molecule has 0 saturated carbocycles. The van der Waals surface area contributed by atoms with Crippen LogP contribution in [0, 0.1) is 0 Å². The molecule has 0 saturated heterocycles. The van der Waals surface area contributed by atoms with E-state index in [1.807, 2.05) is 18.2 Å². The summed E-state index contributed by atoms with van der Waals surface area (Å²) in [7, 11) is 1.65. The first-order valence-corrected chi connectivity index (χ1v) is 7.46. The molecule has 0 unspecified atom stereocenters. The second-order valence-corrected chi connectivity index (χ2v) is 5.47. The SMILES string of the molecule is COc1ccc(Cl)c(NCCc2ccc3c(c2)CCO3)c1. The van der Waals surface area contributed by atoms with E-state index in [0.29, 0.717) is 5.02 Å². The van der Waals surface area contributed by atoms with Gasteiger partial charge in [0.2, 0.25) is 0 Å². The van der Waals surface area contributed by atoms with Gasteiger partial charge in [-0.3, -0.25) is 0 Å². The minimum absolute atomic E-state index is 0.707. The molecule has 110 valence electrons. The van der Waals surface area contributed by atoms with Crippen molar-refractivity contribution in [1.29, 1.82) is 0 Å². The number of rotatable bonds is 5. The molecule has 0 bridgehead atoms. The Morgan fingerprint density at radius 3 is 3.00 bits per heavy atom. The van der Waals surface area contributed by atoms with Crippen molar-refractivity contribution in [1.82, 2.24) is 0 Å². The van der Waals surface area contributed by atoms with Gasteiger partial charge in [0.1, 0.15) is 11.5 Å². The van der Waals surface area contributed by atoms with Crippen LogP contribution in [0.15, 0.2) is 36.4 Å². The van der Waals surface area contributed by atoms with E-state index in [2.05, 4.69) is 23.5 Å². The van der Waals surface area contributed by atoms with Crippen LogP contribution < -0.4 is 14.8 Å². The average Bonchev–Trinajstić information content (AvgIpc) is 2.97. The van der Waals surface area contributed by atoms with Crippen molar-refractivity contribution >= 4 is 17.3 Å². The van der Waals surface area contributed by atoms with Gasteiger partial charge in [0.25, 0.3) is 0 Å². The summed E-state index contributed by atoms with van der Waals surface area (Å²) in [5.74, 6) is 1.83. The molecule has 2 aromatic carbocycles. The van der Waals surface area contributed by atoms with E-state index in [0.717, 1.165) is 43.2 Å². The summed E-state index contributed by atoms with van der Waals surface area (Å²) in [6, 6.07) is 12.0. The monoisotopic (exact) mass is 303 g/mol. The predicted molar refractivity (Wildman–Crippen MR) is 85.8 cm³/mol. The zero-order valence-electron chi connectivity index (χ0n) is 12.0. The molecule has 1 aliphatic rings. The number of nitrogens with one attached hydrogen (secondary N) is 1. The van der Waals surface area contributed by atoms with Crippen molar-refractivity contribution in [3.63, 3.8) is 0 Å².